The Kier molecular flexibility index (Phi) is 26.5. The summed E-state index contributed by atoms with van der Waals surface area (Å²) in [6.45, 7) is 31.1. The molecule has 0 saturated heterocycles. The van der Waals surface area contributed by atoms with Gasteiger partial charge in [0.15, 0.2) is 0 Å². The molecule has 0 aromatic heterocycles. The summed E-state index contributed by atoms with van der Waals surface area (Å²) in [7, 11) is 0. The second-order valence-corrected chi connectivity index (χ2v) is 10.4. The maximum absolute atomic E-state index is 5.84. The molecule has 1 nitrogen and oxygen atoms in total. The fraction of sp³-hybridized carbons (Fsp3) is 0.818. The summed E-state index contributed by atoms with van der Waals surface area (Å²) in [5, 5.41) is 0. The Morgan fingerprint density at radius 2 is 1.26 bits per heavy atom. The predicted molar refractivity (Wildman–Crippen MR) is 161 cm³/mol. The van der Waals surface area contributed by atoms with Gasteiger partial charge in [0.1, 0.15) is 0 Å². The van der Waals surface area contributed by atoms with E-state index in [1.165, 1.54) is 36.8 Å². The van der Waals surface area contributed by atoms with Crippen LogP contribution in [0.25, 0.3) is 0 Å². The molecule has 2 rings (SSSR count). The van der Waals surface area contributed by atoms with Gasteiger partial charge in [-0.3, -0.25) is 0 Å². The highest BCUT2D eigenvalue weighted by atomic mass is 14.6. The summed E-state index contributed by atoms with van der Waals surface area (Å²) in [5.41, 5.74) is 8.49. The number of hydrogen-bond acceptors (Lipinski definition) is 1. The highest BCUT2D eigenvalue weighted by Gasteiger charge is 2.36. The molecule has 0 heterocycles. The molecule has 0 amide bonds. The van der Waals surface area contributed by atoms with Crippen molar-refractivity contribution in [3.05, 3.63) is 35.4 Å². The van der Waals surface area contributed by atoms with Gasteiger partial charge in [-0.05, 0) is 73.7 Å². The van der Waals surface area contributed by atoms with Crippen LogP contribution in [-0.4, -0.2) is 6.04 Å². The molecule has 1 fully saturated rings. The summed E-state index contributed by atoms with van der Waals surface area (Å²) in [6.07, 6.45) is 7.57. The predicted octanol–water partition coefficient (Wildman–Crippen LogP) is 10.7. The Hall–Kier alpha value is -0.820. The van der Waals surface area contributed by atoms with E-state index in [1.54, 1.807) is 0 Å². The number of rotatable bonds is 6. The van der Waals surface area contributed by atoms with Crippen LogP contribution in [0, 0.1) is 42.4 Å². The fourth-order valence-corrected chi connectivity index (χ4v) is 4.50. The minimum absolute atomic E-state index is 0.313. The van der Waals surface area contributed by atoms with Crippen LogP contribution in [-0.2, 0) is 6.42 Å². The lowest BCUT2D eigenvalue weighted by Crippen LogP contribution is -2.35. The molecule has 0 radical (unpaired) electrons. The molecule has 1 heteroatoms. The van der Waals surface area contributed by atoms with Crippen molar-refractivity contribution >= 4 is 0 Å². The molecule has 1 aliphatic rings. The zero-order valence-electron chi connectivity index (χ0n) is 26.2. The number of hydrogen-bond donors (Lipinski definition) is 1. The van der Waals surface area contributed by atoms with E-state index in [4.69, 9.17) is 5.73 Å². The van der Waals surface area contributed by atoms with E-state index in [-0.39, 0.29) is 0 Å². The Morgan fingerprint density at radius 3 is 1.68 bits per heavy atom. The zero-order chi connectivity index (χ0) is 27.3. The van der Waals surface area contributed by atoms with Gasteiger partial charge in [-0.2, -0.15) is 0 Å². The Labute approximate surface area is 218 Å². The normalized spacial score (nSPS) is 24.9. The zero-order valence-corrected chi connectivity index (χ0v) is 26.2. The second-order valence-electron chi connectivity index (χ2n) is 10.4. The van der Waals surface area contributed by atoms with Gasteiger partial charge in [0.05, 0.1) is 0 Å². The maximum atomic E-state index is 5.84. The minimum atomic E-state index is 0.313. The summed E-state index contributed by atoms with van der Waals surface area (Å²) < 4.78 is 0. The van der Waals surface area contributed by atoms with Crippen molar-refractivity contribution in [2.75, 3.05) is 0 Å². The quantitative estimate of drug-likeness (QED) is 0.433. The molecular weight excluding hydrogens is 410 g/mol. The van der Waals surface area contributed by atoms with Crippen molar-refractivity contribution in [2.24, 2.45) is 41.2 Å². The van der Waals surface area contributed by atoms with E-state index in [2.05, 4.69) is 93.5 Å². The number of benzene rings is 1. The van der Waals surface area contributed by atoms with Gasteiger partial charge >= 0.3 is 0 Å². The third-order valence-corrected chi connectivity index (χ3v) is 7.52. The summed E-state index contributed by atoms with van der Waals surface area (Å²) in [4.78, 5) is 0. The summed E-state index contributed by atoms with van der Waals surface area (Å²) in [6, 6.07) is 8.90. The van der Waals surface area contributed by atoms with Gasteiger partial charge in [0.2, 0.25) is 0 Å². The second kappa shape index (κ2) is 23.9. The Morgan fingerprint density at radius 1 is 0.794 bits per heavy atom. The van der Waals surface area contributed by atoms with E-state index in [0.717, 1.165) is 48.3 Å². The fourth-order valence-electron chi connectivity index (χ4n) is 4.50. The molecule has 204 valence electrons. The first-order valence-electron chi connectivity index (χ1n) is 14.9. The largest absolute Gasteiger partial charge is 0.327 e. The van der Waals surface area contributed by atoms with Crippen molar-refractivity contribution in [3.8, 4) is 0 Å². The van der Waals surface area contributed by atoms with Gasteiger partial charge in [0, 0.05) is 6.04 Å². The molecule has 1 saturated carbocycles. The van der Waals surface area contributed by atoms with Crippen molar-refractivity contribution in [2.45, 2.75) is 141 Å². The lowest BCUT2D eigenvalue weighted by atomic mass is 9.62. The van der Waals surface area contributed by atoms with Crippen LogP contribution < -0.4 is 5.73 Å². The van der Waals surface area contributed by atoms with Gasteiger partial charge in [0.25, 0.3) is 0 Å². The van der Waals surface area contributed by atoms with Gasteiger partial charge in [-0.15, -0.1) is 0 Å². The molecule has 0 spiro atoms. The maximum Gasteiger partial charge on any atom is 0.00766 e. The summed E-state index contributed by atoms with van der Waals surface area (Å²) in [5.74, 6) is 5.62. The molecule has 0 bridgehead atoms. The SMILES string of the molecule is CC.CC.CCC.CCC(C)CC1CC(C)C(C)C(C)C1C.CCC(N)Cc1ccc(C)cc1. The first kappa shape index (κ1) is 37.7. The van der Waals surface area contributed by atoms with Gasteiger partial charge in [-0.25, -0.2) is 0 Å². The molecule has 1 aliphatic carbocycles. The third kappa shape index (κ3) is 16.7. The van der Waals surface area contributed by atoms with Crippen LogP contribution in [0.3, 0.4) is 0 Å². The average molecular weight is 478 g/mol. The molecule has 7 unspecified atom stereocenters. The molecule has 2 N–H and O–H groups in total. The Balaban J connectivity index is -0.000000453. The first-order valence-corrected chi connectivity index (χ1v) is 14.9. The van der Waals surface area contributed by atoms with Crippen LogP contribution in [0.2, 0.25) is 0 Å². The van der Waals surface area contributed by atoms with Crippen LogP contribution in [0.1, 0.15) is 133 Å². The topological polar surface area (TPSA) is 26.0 Å². The minimum Gasteiger partial charge on any atom is -0.327 e. The lowest BCUT2D eigenvalue weighted by Gasteiger charge is -2.43. The standard InChI is InChI=1S/C15H30.C11H17N.C3H8.2C2H6/c1-7-10(2)8-15-9-11(3)12(4)13(5)14(15)6;1-3-11(12)8-10-6-4-9(2)5-7-10;1-3-2;2*1-2/h10-15H,7-9H2,1-6H3;4-7,11H,3,8,12H2,1-2H3;3H2,1-2H3;2*1-2H3. The number of aryl methyl sites for hydroxylation is 1. The monoisotopic (exact) mass is 478 g/mol. The Bertz CT molecular complexity index is 518. The number of nitrogens with two attached hydrogens (primary N) is 1. The molecule has 1 aromatic carbocycles. The molecule has 1 aromatic rings. The highest BCUT2D eigenvalue weighted by Crippen LogP contribution is 2.44. The van der Waals surface area contributed by atoms with Crippen molar-refractivity contribution in [3.63, 3.8) is 0 Å². The van der Waals surface area contributed by atoms with Crippen molar-refractivity contribution in [1.29, 1.82) is 0 Å². The van der Waals surface area contributed by atoms with E-state index in [1.807, 2.05) is 27.7 Å². The van der Waals surface area contributed by atoms with Crippen molar-refractivity contribution in [1.82, 2.24) is 0 Å². The molecule has 0 aliphatic heterocycles. The van der Waals surface area contributed by atoms with Crippen molar-refractivity contribution < 1.29 is 0 Å². The summed E-state index contributed by atoms with van der Waals surface area (Å²) >= 11 is 0. The van der Waals surface area contributed by atoms with Crippen LogP contribution in [0.5, 0.6) is 0 Å². The average Bonchev–Trinajstić information content (AvgIpc) is 2.85. The molecule has 34 heavy (non-hydrogen) atoms. The lowest BCUT2D eigenvalue weighted by molar-refractivity contribution is 0.0624. The van der Waals surface area contributed by atoms with Gasteiger partial charge < -0.3 is 5.73 Å². The smallest absolute Gasteiger partial charge is 0.00766 e. The van der Waals surface area contributed by atoms with Crippen LogP contribution >= 0.6 is 0 Å². The van der Waals surface area contributed by atoms with Crippen LogP contribution in [0.15, 0.2) is 24.3 Å². The van der Waals surface area contributed by atoms with Crippen LogP contribution in [0.4, 0.5) is 0 Å². The highest BCUT2D eigenvalue weighted by molar-refractivity contribution is 5.21. The molecular formula is C33H67N. The van der Waals surface area contributed by atoms with E-state index < -0.39 is 0 Å². The van der Waals surface area contributed by atoms with E-state index in [9.17, 15) is 0 Å². The first-order chi connectivity index (χ1) is 16.1. The van der Waals surface area contributed by atoms with Gasteiger partial charge in [-0.1, -0.05) is 133 Å². The van der Waals surface area contributed by atoms with E-state index >= 15 is 0 Å². The van der Waals surface area contributed by atoms with E-state index in [0.29, 0.717) is 6.04 Å². The molecule has 7 atom stereocenters. The third-order valence-electron chi connectivity index (χ3n) is 7.52.